The summed E-state index contributed by atoms with van der Waals surface area (Å²) < 4.78 is 5.19. The van der Waals surface area contributed by atoms with Gasteiger partial charge in [0.2, 0.25) is 5.88 Å². The molecule has 0 saturated carbocycles. The number of carbonyl (C=O) groups is 2. The molecule has 2 heterocycles. The van der Waals surface area contributed by atoms with Crippen LogP contribution < -0.4 is 15.0 Å². The average Bonchev–Trinajstić information content (AvgIpc) is 2.77. The van der Waals surface area contributed by atoms with Crippen LogP contribution in [-0.4, -0.2) is 59.8 Å². The quantitative estimate of drug-likeness (QED) is 0.752. The molecule has 0 radical (unpaired) electrons. The van der Waals surface area contributed by atoms with Crippen molar-refractivity contribution in [1.29, 1.82) is 5.26 Å². The van der Waals surface area contributed by atoms with Gasteiger partial charge in [-0.25, -0.2) is 9.78 Å². The van der Waals surface area contributed by atoms with E-state index in [1.807, 2.05) is 25.7 Å². The molecule has 0 bridgehead atoms. The number of aromatic nitrogens is 1. The van der Waals surface area contributed by atoms with Crippen molar-refractivity contribution in [3.63, 3.8) is 0 Å². The van der Waals surface area contributed by atoms with Crippen LogP contribution in [0.25, 0.3) is 0 Å². The van der Waals surface area contributed by atoms with Crippen LogP contribution >= 0.6 is 0 Å². The minimum absolute atomic E-state index is 0.200. The van der Waals surface area contributed by atoms with Gasteiger partial charge in [0, 0.05) is 25.8 Å². The Hall–Kier alpha value is -3.80. The van der Waals surface area contributed by atoms with Crippen molar-refractivity contribution in [1.82, 2.24) is 9.88 Å². The van der Waals surface area contributed by atoms with Crippen LogP contribution in [0, 0.1) is 16.7 Å². The Bertz CT molecular complexity index is 1060. The summed E-state index contributed by atoms with van der Waals surface area (Å²) in [5, 5.41) is 21.9. The molecule has 0 spiro atoms. The molecule has 2 amide bonds. The first-order chi connectivity index (χ1) is 15.2. The maximum Gasteiger partial charge on any atom is 0.407 e. The van der Waals surface area contributed by atoms with E-state index in [0.717, 1.165) is 5.69 Å². The van der Waals surface area contributed by atoms with Crippen molar-refractivity contribution < 1.29 is 19.4 Å². The van der Waals surface area contributed by atoms with Gasteiger partial charge in [-0.1, -0.05) is 20.8 Å². The van der Waals surface area contributed by atoms with Crippen LogP contribution in [0.1, 0.15) is 36.7 Å². The van der Waals surface area contributed by atoms with E-state index in [-0.39, 0.29) is 22.9 Å². The van der Waals surface area contributed by atoms with Gasteiger partial charge in [0.1, 0.15) is 5.56 Å². The van der Waals surface area contributed by atoms with Gasteiger partial charge < -0.3 is 25.0 Å². The van der Waals surface area contributed by atoms with E-state index in [4.69, 9.17) is 4.74 Å². The molecule has 1 saturated heterocycles. The first-order valence-electron chi connectivity index (χ1n) is 10.2. The maximum absolute atomic E-state index is 13.0. The van der Waals surface area contributed by atoms with E-state index in [0.29, 0.717) is 30.9 Å². The number of ether oxygens (including phenoxy) is 1. The molecule has 1 aliphatic heterocycles. The van der Waals surface area contributed by atoms with E-state index in [1.54, 1.807) is 30.3 Å². The molecule has 9 nitrogen and oxygen atoms in total. The van der Waals surface area contributed by atoms with E-state index < -0.39 is 12.0 Å². The summed E-state index contributed by atoms with van der Waals surface area (Å²) in [5.74, 6) is -0.214. The third-order valence-corrected chi connectivity index (χ3v) is 5.55. The van der Waals surface area contributed by atoms with E-state index >= 15 is 0 Å². The fourth-order valence-electron chi connectivity index (χ4n) is 3.87. The Kier molecular flexibility index (Phi) is 6.53. The number of piperazine rings is 1. The van der Waals surface area contributed by atoms with Gasteiger partial charge in [0.05, 0.1) is 36.2 Å². The molecule has 9 heteroatoms. The highest BCUT2D eigenvalue weighted by atomic mass is 16.5. The van der Waals surface area contributed by atoms with Crippen LogP contribution in [0.15, 0.2) is 36.5 Å². The number of carboxylic acid groups (broad SMARTS) is 1. The van der Waals surface area contributed by atoms with Gasteiger partial charge in [-0.2, -0.15) is 5.26 Å². The molecule has 1 aromatic heterocycles. The number of anilines is 2. The zero-order chi connectivity index (χ0) is 23.5. The maximum atomic E-state index is 13.0. The number of pyridine rings is 1. The number of hydrogen-bond donors (Lipinski definition) is 2. The second-order valence-electron chi connectivity index (χ2n) is 8.66. The monoisotopic (exact) mass is 437 g/mol. The summed E-state index contributed by atoms with van der Waals surface area (Å²) >= 11 is 0. The zero-order valence-corrected chi connectivity index (χ0v) is 18.6. The number of hydrogen-bond acceptors (Lipinski definition) is 6. The third-order valence-electron chi connectivity index (χ3n) is 5.55. The summed E-state index contributed by atoms with van der Waals surface area (Å²) in [6.45, 7) is 7.28. The molecule has 3 rings (SSSR count). The Labute approximate surface area is 187 Å². The van der Waals surface area contributed by atoms with Crippen LogP contribution in [0.4, 0.5) is 16.2 Å². The number of benzene rings is 1. The molecular formula is C23H27N5O4. The van der Waals surface area contributed by atoms with E-state index in [2.05, 4.69) is 16.4 Å². The van der Waals surface area contributed by atoms with Gasteiger partial charge in [-0.3, -0.25) is 4.79 Å². The van der Waals surface area contributed by atoms with Crippen LogP contribution in [0.5, 0.6) is 5.88 Å². The van der Waals surface area contributed by atoms with Gasteiger partial charge >= 0.3 is 6.09 Å². The second-order valence-corrected chi connectivity index (χ2v) is 8.66. The van der Waals surface area contributed by atoms with Gasteiger partial charge in [-0.15, -0.1) is 0 Å². The molecule has 1 atom stereocenters. The highest BCUT2D eigenvalue weighted by molar-refractivity contribution is 6.07. The molecule has 0 aliphatic carbocycles. The fourth-order valence-corrected chi connectivity index (χ4v) is 3.87. The minimum atomic E-state index is -0.943. The summed E-state index contributed by atoms with van der Waals surface area (Å²) in [6.07, 6.45) is 0.591. The number of nitrogens with one attached hydrogen (secondary N) is 1. The number of carbonyl (C=O) groups excluding carboxylic acids is 1. The smallest absolute Gasteiger partial charge is 0.407 e. The lowest BCUT2D eigenvalue weighted by Crippen LogP contribution is -2.59. The summed E-state index contributed by atoms with van der Waals surface area (Å²) in [4.78, 5) is 32.3. The highest BCUT2D eigenvalue weighted by Gasteiger charge is 2.38. The minimum Gasteiger partial charge on any atom is -0.480 e. The Morgan fingerprint density at radius 2 is 2.03 bits per heavy atom. The van der Waals surface area contributed by atoms with Crippen molar-refractivity contribution in [3.8, 4) is 11.9 Å². The number of rotatable bonds is 4. The average molecular weight is 438 g/mol. The summed E-state index contributed by atoms with van der Waals surface area (Å²) in [6, 6.07) is 10.2. The first kappa shape index (κ1) is 22.9. The van der Waals surface area contributed by atoms with Crippen molar-refractivity contribution in [2.24, 2.45) is 5.41 Å². The molecule has 32 heavy (non-hydrogen) atoms. The molecule has 2 aromatic rings. The molecule has 1 fully saturated rings. The van der Waals surface area contributed by atoms with E-state index in [1.165, 1.54) is 18.2 Å². The molecule has 1 aliphatic rings. The van der Waals surface area contributed by atoms with Gasteiger partial charge in [-0.05, 0) is 35.7 Å². The van der Waals surface area contributed by atoms with Crippen molar-refractivity contribution in [2.45, 2.75) is 26.8 Å². The number of methoxy groups -OCH3 is 1. The topological polar surface area (TPSA) is 119 Å². The standard InChI is InChI=1S/C23H27N5O4/c1-23(2,3)19-14-27(10-11-28(19)22(30)31)18-8-7-15(13-24)12-17(18)26-20(29)16-6-5-9-25-21(16)32-4/h5-9,12,19H,10-11,14H2,1-4H3,(H,26,29)(H,30,31). The van der Waals surface area contributed by atoms with E-state index in [9.17, 15) is 20.0 Å². The third kappa shape index (κ3) is 4.75. The fraction of sp³-hybridized carbons (Fsp3) is 0.391. The SMILES string of the molecule is COc1ncccc1C(=O)Nc1cc(C#N)ccc1N1CCN(C(=O)O)C(C(C)(C)C)C1. The summed E-state index contributed by atoms with van der Waals surface area (Å²) in [7, 11) is 1.44. The molecule has 1 aromatic carbocycles. The number of amides is 2. The first-order valence-corrected chi connectivity index (χ1v) is 10.2. The lowest BCUT2D eigenvalue weighted by molar-refractivity contribution is 0.0749. The zero-order valence-electron chi connectivity index (χ0n) is 18.6. The predicted octanol–water partition coefficient (Wildman–Crippen LogP) is 3.43. The molecule has 168 valence electrons. The Balaban J connectivity index is 1.95. The van der Waals surface area contributed by atoms with Crippen molar-refractivity contribution >= 4 is 23.4 Å². The van der Waals surface area contributed by atoms with Gasteiger partial charge in [0.15, 0.2) is 0 Å². The van der Waals surface area contributed by atoms with Crippen molar-refractivity contribution in [3.05, 3.63) is 47.7 Å². The predicted molar refractivity (Wildman–Crippen MR) is 120 cm³/mol. The lowest BCUT2D eigenvalue weighted by atomic mass is 9.84. The number of nitrogens with zero attached hydrogens (tertiary/aromatic N) is 4. The normalized spacial score (nSPS) is 16.3. The Morgan fingerprint density at radius 3 is 2.66 bits per heavy atom. The highest BCUT2D eigenvalue weighted by Crippen LogP contribution is 2.34. The largest absolute Gasteiger partial charge is 0.480 e. The summed E-state index contributed by atoms with van der Waals surface area (Å²) in [5.41, 5.74) is 1.58. The second kappa shape index (κ2) is 9.14. The lowest BCUT2D eigenvalue weighted by Gasteiger charge is -2.47. The molecule has 2 N–H and O–H groups in total. The van der Waals surface area contributed by atoms with Crippen LogP contribution in [0.2, 0.25) is 0 Å². The van der Waals surface area contributed by atoms with Crippen molar-refractivity contribution in [2.75, 3.05) is 37.0 Å². The van der Waals surface area contributed by atoms with Crippen LogP contribution in [0.3, 0.4) is 0 Å². The van der Waals surface area contributed by atoms with Crippen LogP contribution in [-0.2, 0) is 0 Å². The molecule has 1 unspecified atom stereocenters. The Morgan fingerprint density at radius 1 is 1.28 bits per heavy atom. The van der Waals surface area contributed by atoms with Gasteiger partial charge in [0.25, 0.3) is 5.91 Å². The molecular weight excluding hydrogens is 410 g/mol. The number of nitriles is 1.